The van der Waals surface area contributed by atoms with Crippen molar-refractivity contribution in [2.45, 2.75) is 43.2 Å². The van der Waals surface area contributed by atoms with E-state index < -0.39 is 0 Å². The Morgan fingerprint density at radius 1 is 1.18 bits per heavy atom. The fourth-order valence-corrected chi connectivity index (χ4v) is 5.63. The van der Waals surface area contributed by atoms with Gasteiger partial charge < -0.3 is 10.1 Å². The molecular formula is C17H22N2O2S. The molecule has 4 bridgehead atoms. The minimum atomic E-state index is 0.215. The standard InChI is InChI=1S/C17H22N2O2S/c20-16(11-22-17-3-1-2-4-19(17)21)18-10-14-6-12-5-13(7-14)9-15(18)8-12/h1-4,12-15H,5-11H2. The maximum absolute atomic E-state index is 12.7. The lowest BCUT2D eigenvalue weighted by atomic mass is 9.68. The Labute approximate surface area is 135 Å². The number of carbonyl (C=O) groups is 1. The molecule has 5 rings (SSSR count). The summed E-state index contributed by atoms with van der Waals surface area (Å²) in [6, 6.07) is 5.79. The molecule has 2 atom stereocenters. The van der Waals surface area contributed by atoms with Crippen LogP contribution in [0.25, 0.3) is 0 Å². The summed E-state index contributed by atoms with van der Waals surface area (Å²) in [5.41, 5.74) is 0. The number of rotatable bonds is 3. The van der Waals surface area contributed by atoms with E-state index in [9.17, 15) is 10.0 Å². The molecule has 1 aromatic rings. The molecule has 118 valence electrons. The van der Waals surface area contributed by atoms with E-state index in [4.69, 9.17) is 0 Å². The van der Waals surface area contributed by atoms with Gasteiger partial charge in [-0.3, -0.25) is 4.79 Å². The van der Waals surface area contributed by atoms with Gasteiger partial charge in [-0.25, -0.2) is 0 Å². The number of pyridine rings is 1. The summed E-state index contributed by atoms with van der Waals surface area (Å²) in [5.74, 6) is 3.01. The van der Waals surface area contributed by atoms with Crippen LogP contribution in [-0.4, -0.2) is 29.1 Å². The maximum atomic E-state index is 12.7. The zero-order valence-electron chi connectivity index (χ0n) is 12.7. The van der Waals surface area contributed by atoms with E-state index in [0.717, 1.165) is 23.1 Å². The van der Waals surface area contributed by atoms with Crippen LogP contribution in [0.4, 0.5) is 0 Å². The van der Waals surface area contributed by atoms with E-state index in [1.807, 2.05) is 6.07 Å². The van der Waals surface area contributed by atoms with Gasteiger partial charge in [0, 0.05) is 24.7 Å². The summed E-state index contributed by atoms with van der Waals surface area (Å²) in [4.78, 5) is 14.8. The highest BCUT2D eigenvalue weighted by atomic mass is 32.2. The average Bonchev–Trinajstić information content (AvgIpc) is 2.70. The van der Waals surface area contributed by atoms with Crippen molar-refractivity contribution in [1.82, 2.24) is 4.90 Å². The van der Waals surface area contributed by atoms with Gasteiger partial charge in [0.15, 0.2) is 6.20 Å². The molecule has 0 N–H and O–H groups in total. The van der Waals surface area contributed by atoms with Gasteiger partial charge in [-0.1, -0.05) is 0 Å². The predicted octanol–water partition coefficient (Wildman–Crippen LogP) is 2.45. The Kier molecular flexibility index (Phi) is 3.76. The lowest BCUT2D eigenvalue weighted by Gasteiger charge is -2.38. The average molecular weight is 318 g/mol. The van der Waals surface area contributed by atoms with Gasteiger partial charge in [0.25, 0.3) is 5.03 Å². The molecule has 0 spiro atoms. The van der Waals surface area contributed by atoms with E-state index in [-0.39, 0.29) is 5.91 Å². The Hall–Kier alpha value is -1.23. The number of hydrogen-bond donors (Lipinski definition) is 0. The number of thioether (sulfide) groups is 1. The summed E-state index contributed by atoms with van der Waals surface area (Å²) in [5, 5.41) is 12.3. The van der Waals surface area contributed by atoms with Crippen LogP contribution in [0.5, 0.6) is 0 Å². The SMILES string of the molecule is O=C(CSc1cccc[n+]1[O-])N1CC2CC3CC(C2)CC1C3. The number of carbonyl (C=O) groups excluding carboxylic acids is 1. The Morgan fingerprint density at radius 2 is 1.91 bits per heavy atom. The molecule has 22 heavy (non-hydrogen) atoms. The fourth-order valence-electron chi connectivity index (χ4n) is 4.83. The first-order chi connectivity index (χ1) is 10.7. The first-order valence-electron chi connectivity index (χ1n) is 8.29. The molecule has 4 aliphatic rings. The zero-order valence-corrected chi connectivity index (χ0v) is 13.5. The first-order valence-corrected chi connectivity index (χ1v) is 9.28. The van der Waals surface area contributed by atoms with Crippen molar-refractivity contribution in [3.05, 3.63) is 29.6 Å². The van der Waals surface area contributed by atoms with Gasteiger partial charge in [-0.2, -0.15) is 4.73 Å². The molecule has 5 heteroatoms. The Balaban J connectivity index is 1.43. The number of amides is 1. The van der Waals surface area contributed by atoms with E-state index in [1.165, 1.54) is 50.1 Å². The fraction of sp³-hybridized carbons (Fsp3) is 0.647. The monoisotopic (exact) mass is 318 g/mol. The van der Waals surface area contributed by atoms with Crippen LogP contribution in [0.15, 0.2) is 29.4 Å². The van der Waals surface area contributed by atoms with E-state index in [2.05, 4.69) is 4.90 Å². The van der Waals surface area contributed by atoms with Crippen LogP contribution in [0.2, 0.25) is 0 Å². The topological polar surface area (TPSA) is 47.2 Å². The van der Waals surface area contributed by atoms with E-state index in [1.54, 1.807) is 12.1 Å². The highest BCUT2D eigenvalue weighted by molar-refractivity contribution is 7.99. The lowest BCUT2D eigenvalue weighted by molar-refractivity contribution is -0.645. The van der Waals surface area contributed by atoms with Gasteiger partial charge in [0.2, 0.25) is 5.91 Å². The minimum Gasteiger partial charge on any atom is -0.618 e. The molecule has 3 heterocycles. The molecular weight excluding hydrogens is 296 g/mol. The minimum absolute atomic E-state index is 0.215. The van der Waals surface area contributed by atoms with Crippen LogP contribution in [0, 0.1) is 23.0 Å². The molecule has 4 fully saturated rings. The van der Waals surface area contributed by atoms with Crippen LogP contribution >= 0.6 is 11.8 Å². The molecule has 2 aliphatic heterocycles. The number of aromatic nitrogens is 1. The predicted molar refractivity (Wildman–Crippen MR) is 85.2 cm³/mol. The van der Waals surface area contributed by atoms with E-state index in [0.29, 0.717) is 22.7 Å². The Morgan fingerprint density at radius 3 is 2.64 bits per heavy atom. The quantitative estimate of drug-likeness (QED) is 0.488. The van der Waals surface area contributed by atoms with Gasteiger partial charge >= 0.3 is 0 Å². The van der Waals surface area contributed by atoms with Gasteiger partial charge in [-0.15, -0.1) is 0 Å². The highest BCUT2D eigenvalue weighted by Gasteiger charge is 2.43. The summed E-state index contributed by atoms with van der Waals surface area (Å²) in [7, 11) is 0. The third-order valence-corrected chi connectivity index (χ3v) is 6.56. The van der Waals surface area contributed by atoms with Crippen molar-refractivity contribution in [3.8, 4) is 0 Å². The molecule has 0 aromatic carbocycles. The lowest BCUT2D eigenvalue weighted by Crippen LogP contribution is -2.43. The molecule has 2 saturated carbocycles. The molecule has 2 unspecified atom stereocenters. The number of fused-ring (bicyclic) bond motifs is 1. The first kappa shape index (κ1) is 14.4. The third-order valence-electron chi connectivity index (χ3n) is 5.56. The summed E-state index contributed by atoms with van der Waals surface area (Å²) >= 11 is 1.36. The van der Waals surface area contributed by atoms with Crippen LogP contribution in [0.3, 0.4) is 0 Å². The van der Waals surface area contributed by atoms with Gasteiger partial charge in [0.1, 0.15) is 0 Å². The van der Waals surface area contributed by atoms with Crippen molar-refractivity contribution in [1.29, 1.82) is 0 Å². The molecule has 2 aliphatic carbocycles. The second-order valence-electron chi connectivity index (χ2n) is 7.13. The number of hydrogen-bond acceptors (Lipinski definition) is 3. The second-order valence-corrected chi connectivity index (χ2v) is 8.13. The molecule has 0 radical (unpaired) electrons. The smallest absolute Gasteiger partial charge is 0.251 e. The molecule has 1 amide bonds. The Bertz CT molecular complexity index is 566. The van der Waals surface area contributed by atoms with E-state index >= 15 is 0 Å². The van der Waals surface area contributed by atoms with Crippen molar-refractivity contribution >= 4 is 17.7 Å². The summed E-state index contributed by atoms with van der Waals surface area (Å²) in [6.45, 7) is 0.948. The van der Waals surface area contributed by atoms with Crippen LogP contribution < -0.4 is 4.73 Å². The zero-order chi connectivity index (χ0) is 15.1. The van der Waals surface area contributed by atoms with Crippen LogP contribution in [-0.2, 0) is 4.79 Å². The van der Waals surface area contributed by atoms with Crippen molar-refractivity contribution < 1.29 is 9.52 Å². The largest absolute Gasteiger partial charge is 0.618 e. The number of nitrogens with zero attached hydrogens (tertiary/aromatic N) is 2. The molecule has 1 aromatic heterocycles. The highest BCUT2D eigenvalue weighted by Crippen LogP contribution is 2.47. The van der Waals surface area contributed by atoms with Crippen molar-refractivity contribution in [2.24, 2.45) is 17.8 Å². The summed E-state index contributed by atoms with van der Waals surface area (Å²) in [6.07, 6.45) is 7.93. The normalized spacial score (nSPS) is 33.0. The molecule has 2 saturated heterocycles. The van der Waals surface area contributed by atoms with Crippen LogP contribution in [0.1, 0.15) is 32.1 Å². The summed E-state index contributed by atoms with van der Waals surface area (Å²) < 4.78 is 0.841. The molecule has 4 nitrogen and oxygen atoms in total. The second kappa shape index (κ2) is 5.76. The van der Waals surface area contributed by atoms with Gasteiger partial charge in [0.05, 0.1) is 5.75 Å². The van der Waals surface area contributed by atoms with Crippen molar-refractivity contribution in [2.75, 3.05) is 12.3 Å². The third kappa shape index (κ3) is 2.71. The van der Waals surface area contributed by atoms with Crippen molar-refractivity contribution in [3.63, 3.8) is 0 Å². The maximum Gasteiger partial charge on any atom is 0.251 e. The van der Waals surface area contributed by atoms with Gasteiger partial charge in [-0.05, 0) is 67.7 Å².